The van der Waals surface area contributed by atoms with Crippen LogP contribution in [0, 0.1) is 11.3 Å². The first-order chi connectivity index (χ1) is 14.4. The van der Waals surface area contributed by atoms with Gasteiger partial charge in [-0.15, -0.1) is 0 Å². The summed E-state index contributed by atoms with van der Waals surface area (Å²) in [4.78, 5) is 25.6. The third kappa shape index (κ3) is 4.39. The number of amides is 2. The van der Waals surface area contributed by atoms with Crippen molar-refractivity contribution in [2.75, 3.05) is 0 Å². The van der Waals surface area contributed by atoms with Crippen LogP contribution < -0.4 is 11.1 Å². The summed E-state index contributed by atoms with van der Waals surface area (Å²) < 4.78 is 0. The lowest BCUT2D eigenvalue weighted by Gasteiger charge is -2.31. The van der Waals surface area contributed by atoms with Crippen molar-refractivity contribution < 1.29 is 9.59 Å². The molecule has 1 atom stereocenters. The van der Waals surface area contributed by atoms with Crippen LogP contribution in [0.3, 0.4) is 0 Å². The van der Waals surface area contributed by atoms with Crippen LogP contribution in [0.15, 0.2) is 84.9 Å². The first kappa shape index (κ1) is 20.8. The smallest absolute Gasteiger partial charge is 0.240 e. The summed E-state index contributed by atoms with van der Waals surface area (Å²) >= 11 is 0. The van der Waals surface area contributed by atoms with Crippen LogP contribution in [-0.4, -0.2) is 17.9 Å². The molecule has 0 radical (unpaired) electrons. The van der Waals surface area contributed by atoms with Crippen LogP contribution in [0.2, 0.25) is 0 Å². The van der Waals surface area contributed by atoms with Crippen molar-refractivity contribution in [2.45, 2.75) is 24.8 Å². The van der Waals surface area contributed by atoms with Gasteiger partial charge in [0.2, 0.25) is 11.8 Å². The van der Waals surface area contributed by atoms with Gasteiger partial charge >= 0.3 is 0 Å². The van der Waals surface area contributed by atoms with E-state index in [1.807, 2.05) is 67.6 Å². The van der Waals surface area contributed by atoms with E-state index in [-0.39, 0.29) is 12.3 Å². The Morgan fingerprint density at radius 2 is 1.43 bits per heavy atom. The predicted octanol–water partition coefficient (Wildman–Crippen LogP) is 3.08. The molecule has 3 N–H and O–H groups in total. The lowest BCUT2D eigenvalue weighted by atomic mass is 9.75. The van der Waals surface area contributed by atoms with E-state index in [0.29, 0.717) is 5.56 Å². The van der Waals surface area contributed by atoms with Gasteiger partial charge in [0.1, 0.15) is 6.04 Å². The van der Waals surface area contributed by atoms with Gasteiger partial charge in [-0.25, -0.2) is 0 Å². The zero-order valence-corrected chi connectivity index (χ0v) is 16.7. The molecule has 5 heteroatoms. The molecule has 0 saturated carbocycles. The number of nitrogens with two attached hydrogens (primary N) is 1. The number of nitrogens with one attached hydrogen (secondary N) is 1. The van der Waals surface area contributed by atoms with Crippen LogP contribution in [-0.2, 0) is 21.4 Å². The molecule has 3 aromatic carbocycles. The number of benzene rings is 3. The second-order valence-electron chi connectivity index (χ2n) is 7.30. The summed E-state index contributed by atoms with van der Waals surface area (Å²) in [5.74, 6) is -0.923. The molecule has 0 aromatic heterocycles. The average Bonchev–Trinajstić information content (AvgIpc) is 2.79. The van der Waals surface area contributed by atoms with Gasteiger partial charge < -0.3 is 11.1 Å². The van der Waals surface area contributed by atoms with Gasteiger partial charge in [-0.05, 0) is 35.7 Å². The molecule has 0 bridgehead atoms. The summed E-state index contributed by atoms with van der Waals surface area (Å²) in [5.41, 5.74) is 7.57. The predicted molar refractivity (Wildman–Crippen MR) is 115 cm³/mol. The number of nitrogens with zero attached hydrogens (tertiary/aromatic N) is 1. The lowest BCUT2D eigenvalue weighted by molar-refractivity contribution is -0.129. The number of hydrogen-bond donors (Lipinski definition) is 2. The van der Waals surface area contributed by atoms with Gasteiger partial charge in [-0.1, -0.05) is 72.8 Å². The number of primary amides is 1. The monoisotopic (exact) mass is 397 g/mol. The minimum atomic E-state index is -0.999. The molecule has 0 aliphatic carbocycles. The Hall–Kier alpha value is -3.91. The molecule has 0 aliphatic heterocycles. The molecule has 0 fully saturated rings. The van der Waals surface area contributed by atoms with Gasteiger partial charge in [-0.2, -0.15) is 5.26 Å². The van der Waals surface area contributed by atoms with E-state index in [2.05, 4.69) is 11.4 Å². The van der Waals surface area contributed by atoms with Gasteiger partial charge in [0.05, 0.1) is 17.0 Å². The lowest BCUT2D eigenvalue weighted by Crippen LogP contribution is -2.52. The molecule has 150 valence electrons. The molecule has 0 heterocycles. The molecule has 0 aliphatic rings. The Kier molecular flexibility index (Phi) is 6.29. The van der Waals surface area contributed by atoms with Crippen molar-refractivity contribution in [3.05, 3.63) is 107 Å². The Bertz CT molecular complexity index is 1020. The van der Waals surface area contributed by atoms with Crippen LogP contribution in [0.5, 0.6) is 0 Å². The maximum atomic E-state index is 13.5. The van der Waals surface area contributed by atoms with Crippen molar-refractivity contribution in [1.82, 2.24) is 5.32 Å². The van der Waals surface area contributed by atoms with Crippen molar-refractivity contribution >= 4 is 11.8 Å². The van der Waals surface area contributed by atoms with E-state index >= 15 is 0 Å². The largest absolute Gasteiger partial charge is 0.368 e. The minimum Gasteiger partial charge on any atom is -0.368 e. The van der Waals surface area contributed by atoms with E-state index in [4.69, 9.17) is 11.0 Å². The van der Waals surface area contributed by atoms with Crippen molar-refractivity contribution in [3.63, 3.8) is 0 Å². The van der Waals surface area contributed by atoms with E-state index in [9.17, 15) is 9.59 Å². The molecule has 0 saturated heterocycles. The fourth-order valence-electron chi connectivity index (χ4n) is 3.45. The quantitative estimate of drug-likeness (QED) is 0.641. The zero-order valence-electron chi connectivity index (χ0n) is 16.7. The number of carbonyl (C=O) groups excluding carboxylic acids is 2. The van der Waals surface area contributed by atoms with Crippen LogP contribution in [0.1, 0.15) is 29.2 Å². The standard InChI is InChI=1S/C25H23N3O2/c1-25(20-8-4-2-5-9-20,21-10-6-3-7-11-21)24(30)28-22(23(27)29)16-18-12-14-19(17-26)15-13-18/h2-15,22H,16H2,1H3,(H2,27,29)(H,28,30)/t22-/m1/s1. The topological polar surface area (TPSA) is 96.0 Å². The van der Waals surface area contributed by atoms with Gasteiger partial charge in [-0.3, -0.25) is 9.59 Å². The summed E-state index contributed by atoms with van der Waals surface area (Å²) in [6.07, 6.45) is 0.243. The Morgan fingerprint density at radius 3 is 1.87 bits per heavy atom. The molecule has 30 heavy (non-hydrogen) atoms. The van der Waals surface area contributed by atoms with Crippen molar-refractivity contribution in [1.29, 1.82) is 5.26 Å². The highest BCUT2D eigenvalue weighted by Crippen LogP contribution is 2.32. The third-order valence-corrected chi connectivity index (χ3v) is 5.33. The first-order valence-corrected chi connectivity index (χ1v) is 9.65. The van der Waals surface area contributed by atoms with Crippen molar-refractivity contribution in [2.24, 2.45) is 5.73 Å². The normalized spacial score (nSPS) is 11.9. The highest BCUT2D eigenvalue weighted by molar-refractivity contribution is 5.95. The van der Waals surface area contributed by atoms with E-state index in [1.54, 1.807) is 24.3 Å². The molecule has 3 aromatic rings. The molecule has 2 amide bonds. The Balaban J connectivity index is 1.91. The number of nitriles is 1. The van der Waals surface area contributed by atoms with Crippen LogP contribution >= 0.6 is 0 Å². The minimum absolute atomic E-state index is 0.243. The summed E-state index contributed by atoms with van der Waals surface area (Å²) in [7, 11) is 0. The third-order valence-electron chi connectivity index (χ3n) is 5.33. The second kappa shape index (κ2) is 9.06. The molecule has 0 spiro atoms. The maximum absolute atomic E-state index is 13.5. The van der Waals surface area contributed by atoms with E-state index in [0.717, 1.165) is 16.7 Å². The van der Waals surface area contributed by atoms with Crippen molar-refractivity contribution in [3.8, 4) is 6.07 Å². The van der Waals surface area contributed by atoms with E-state index < -0.39 is 17.4 Å². The first-order valence-electron chi connectivity index (χ1n) is 9.65. The SMILES string of the molecule is CC(C(=O)N[C@H](Cc1ccc(C#N)cc1)C(N)=O)(c1ccccc1)c1ccccc1. The molecular weight excluding hydrogens is 374 g/mol. The second-order valence-corrected chi connectivity index (χ2v) is 7.30. The fourth-order valence-corrected chi connectivity index (χ4v) is 3.45. The Morgan fingerprint density at radius 1 is 0.933 bits per heavy atom. The number of carbonyl (C=O) groups is 2. The average molecular weight is 397 g/mol. The highest BCUT2D eigenvalue weighted by Gasteiger charge is 2.38. The highest BCUT2D eigenvalue weighted by atomic mass is 16.2. The van der Waals surface area contributed by atoms with Crippen LogP contribution in [0.4, 0.5) is 0 Å². The Labute approximate surface area is 176 Å². The van der Waals surface area contributed by atoms with Gasteiger partial charge in [0.15, 0.2) is 0 Å². The number of hydrogen-bond acceptors (Lipinski definition) is 3. The zero-order chi connectivity index (χ0) is 21.6. The maximum Gasteiger partial charge on any atom is 0.240 e. The summed E-state index contributed by atoms with van der Waals surface area (Å²) in [6, 6.07) is 26.9. The van der Waals surface area contributed by atoms with Gasteiger partial charge in [0, 0.05) is 6.42 Å². The molecule has 5 nitrogen and oxygen atoms in total. The van der Waals surface area contributed by atoms with Gasteiger partial charge in [0.25, 0.3) is 0 Å². The summed E-state index contributed by atoms with van der Waals surface area (Å²) in [6.45, 7) is 1.84. The van der Waals surface area contributed by atoms with Crippen LogP contribution in [0.25, 0.3) is 0 Å². The van der Waals surface area contributed by atoms with E-state index in [1.165, 1.54) is 0 Å². The molecule has 0 unspecified atom stereocenters. The fraction of sp³-hybridized carbons (Fsp3) is 0.160. The molecular formula is C25H23N3O2. The molecule has 3 rings (SSSR count). The number of rotatable bonds is 7. The summed E-state index contributed by atoms with van der Waals surface area (Å²) in [5, 5.41) is 11.8.